The Morgan fingerprint density at radius 2 is 1.60 bits per heavy atom. The molecule has 4 fully saturated rings. The molecule has 12 nitrogen and oxygen atoms in total. The van der Waals surface area contributed by atoms with E-state index in [2.05, 4.69) is 26.1 Å². The number of carbonyl (C=O) groups excluding carboxylic acids is 2. The van der Waals surface area contributed by atoms with Gasteiger partial charge in [0.2, 0.25) is 5.91 Å². The molecule has 0 bridgehead atoms. The number of Topliss-reactive ketones (excluding diaryl/α,β-unsaturated/α-hetero) is 1. The SMILES string of the molecule is CCC(C(=O)[C@@H](C)[C@@H](O)[C@H](C)[C@@H]1O[C@@H](C(CC)C(=O)O)CC[C@@H]1C)[C@H]1O[C@]2(C=CC(NC(=O)CCl)[C@]3(CC[C@@](C)([C@H]4CC[C@](O)(CC)[C@H](C)O4)O3)O2)[C@H](C)C[C@@H]1C. The van der Waals surface area contributed by atoms with Gasteiger partial charge in [0, 0.05) is 30.1 Å². The summed E-state index contributed by atoms with van der Waals surface area (Å²) in [6, 6.07) is -0.675. The van der Waals surface area contributed by atoms with Crippen LogP contribution in [0.2, 0.25) is 0 Å². The number of nitrogens with one attached hydrogen (secondary N) is 1. The number of carboxylic acid groups (broad SMARTS) is 1. The Morgan fingerprint density at radius 1 is 0.912 bits per heavy atom. The number of ether oxygens (including phenoxy) is 5. The van der Waals surface area contributed by atoms with Crippen molar-refractivity contribution in [1.29, 1.82) is 0 Å². The molecule has 0 aliphatic carbocycles. The van der Waals surface area contributed by atoms with Crippen LogP contribution < -0.4 is 5.32 Å². The minimum atomic E-state index is -1.33. The third-order valence-electron chi connectivity index (χ3n) is 14.9. The van der Waals surface area contributed by atoms with Gasteiger partial charge in [0.05, 0.1) is 53.7 Å². The minimum absolute atomic E-state index is 0.0171. The predicted molar refractivity (Wildman–Crippen MR) is 215 cm³/mol. The van der Waals surface area contributed by atoms with Gasteiger partial charge in [-0.25, -0.2) is 0 Å². The van der Waals surface area contributed by atoms with Crippen molar-refractivity contribution in [3.8, 4) is 0 Å². The summed E-state index contributed by atoms with van der Waals surface area (Å²) in [5.41, 5.74) is -1.70. The van der Waals surface area contributed by atoms with Crippen LogP contribution in [0, 0.1) is 41.4 Å². The number of aliphatic hydroxyl groups excluding tert-OH is 1. The number of rotatable bonds is 14. The Morgan fingerprint density at radius 3 is 2.19 bits per heavy atom. The molecule has 2 spiro atoms. The number of carboxylic acids is 1. The van der Waals surface area contributed by atoms with E-state index in [1.54, 1.807) is 6.92 Å². The summed E-state index contributed by atoms with van der Waals surface area (Å²) in [5, 5.41) is 35.8. The molecule has 0 aromatic heterocycles. The summed E-state index contributed by atoms with van der Waals surface area (Å²) < 4.78 is 34.2. The fourth-order valence-electron chi connectivity index (χ4n) is 10.9. The van der Waals surface area contributed by atoms with Crippen LogP contribution in [0.5, 0.6) is 0 Å². The summed E-state index contributed by atoms with van der Waals surface area (Å²) in [4.78, 5) is 39.3. The maximum Gasteiger partial charge on any atom is 0.309 e. The zero-order valence-corrected chi connectivity index (χ0v) is 36.8. The highest BCUT2D eigenvalue weighted by atomic mass is 35.5. The molecule has 5 heterocycles. The van der Waals surface area contributed by atoms with E-state index in [1.807, 2.05) is 53.7 Å². The number of aliphatic hydroxyl groups is 2. The average molecular weight is 827 g/mol. The number of halogens is 1. The van der Waals surface area contributed by atoms with Gasteiger partial charge in [0.15, 0.2) is 11.6 Å². The van der Waals surface area contributed by atoms with E-state index in [9.17, 15) is 29.7 Å². The first kappa shape index (κ1) is 46.4. The first-order chi connectivity index (χ1) is 26.7. The van der Waals surface area contributed by atoms with E-state index in [0.717, 1.165) is 6.42 Å². The predicted octanol–water partition coefficient (Wildman–Crippen LogP) is 6.55. The number of alkyl halides is 1. The van der Waals surface area contributed by atoms with Gasteiger partial charge < -0.3 is 44.3 Å². The number of aliphatic carboxylic acids is 1. The largest absolute Gasteiger partial charge is 0.481 e. The standard InChI is InChI=1S/C44H72ClNO11/c1-11-30(40(50)51)32-15-14-24(4)38(54-32)28(8)36(48)27(7)37(49)31(12-2)39-25(5)22-26(6)43(55-39)19-16-33(46-35(47)23-45)44(57-43)21-20-41(10,56-44)34-17-18-42(52,13-3)29(9)53-34/h16,19,24-34,36,38-39,48,52H,11-15,17-18,20-23H2,1-10H3,(H,46,47)(H,50,51)/t24-,25-,26+,27-,28-,29-,30?,31?,32+,33?,34+,36+,38+,39-,41-,42+,43-,44-/m0/s1. The fraction of sp³-hybridized carbons (Fsp3) is 0.886. The van der Waals surface area contributed by atoms with E-state index in [-0.39, 0.29) is 47.5 Å². The van der Waals surface area contributed by atoms with Crippen molar-refractivity contribution in [2.45, 2.75) is 199 Å². The molecule has 0 saturated carbocycles. The lowest BCUT2D eigenvalue weighted by Gasteiger charge is -2.55. The molecule has 0 aromatic carbocycles. The number of hydrogen-bond donors (Lipinski definition) is 4. The summed E-state index contributed by atoms with van der Waals surface area (Å²) in [7, 11) is 0. The van der Waals surface area contributed by atoms with E-state index in [0.29, 0.717) is 57.8 Å². The van der Waals surface area contributed by atoms with Gasteiger partial charge in [0.1, 0.15) is 17.7 Å². The number of amides is 1. The van der Waals surface area contributed by atoms with Gasteiger partial charge >= 0.3 is 5.97 Å². The van der Waals surface area contributed by atoms with Crippen molar-refractivity contribution in [3.63, 3.8) is 0 Å². The Hall–Kier alpha value is -1.64. The lowest BCUT2D eigenvalue weighted by atomic mass is 9.72. The van der Waals surface area contributed by atoms with Crippen LogP contribution in [0.25, 0.3) is 0 Å². The van der Waals surface area contributed by atoms with E-state index in [4.69, 9.17) is 35.3 Å². The van der Waals surface area contributed by atoms with Crippen LogP contribution >= 0.6 is 11.6 Å². The van der Waals surface area contributed by atoms with Crippen LogP contribution in [-0.2, 0) is 38.1 Å². The molecule has 5 aliphatic heterocycles. The molecular weight excluding hydrogens is 754 g/mol. The smallest absolute Gasteiger partial charge is 0.309 e. The van der Waals surface area contributed by atoms with Crippen molar-refractivity contribution in [2.75, 3.05) is 5.88 Å². The third kappa shape index (κ3) is 9.05. The van der Waals surface area contributed by atoms with Crippen molar-refractivity contribution in [3.05, 3.63) is 12.2 Å². The zero-order chi connectivity index (χ0) is 42.2. The Labute approximate surface area is 345 Å². The molecule has 1 amide bonds. The molecule has 18 atom stereocenters. The van der Waals surface area contributed by atoms with Crippen LogP contribution in [-0.4, -0.2) is 104 Å². The normalized spacial score (nSPS) is 43.6. The molecule has 0 aromatic rings. The van der Waals surface area contributed by atoms with Crippen molar-refractivity contribution >= 4 is 29.3 Å². The Balaban J connectivity index is 1.37. The highest BCUT2D eigenvalue weighted by Crippen LogP contribution is 2.54. The second-order valence-electron chi connectivity index (χ2n) is 18.6. The first-order valence-electron chi connectivity index (χ1n) is 21.8. The van der Waals surface area contributed by atoms with Crippen molar-refractivity contribution < 1.29 is 53.4 Å². The molecule has 326 valence electrons. The van der Waals surface area contributed by atoms with Crippen LogP contribution in [0.1, 0.15) is 133 Å². The summed E-state index contributed by atoms with van der Waals surface area (Å²) in [5.74, 6) is -6.57. The van der Waals surface area contributed by atoms with Gasteiger partial charge in [-0.1, -0.05) is 61.5 Å². The summed E-state index contributed by atoms with van der Waals surface area (Å²) in [6.07, 6.45) is 6.46. The monoisotopic (exact) mass is 825 g/mol. The quantitative estimate of drug-likeness (QED) is 0.111. The fourth-order valence-corrected chi connectivity index (χ4v) is 11.0. The molecular formula is C44H72ClNO11. The molecule has 5 rings (SSSR count). The molecule has 4 saturated heterocycles. The highest BCUT2D eigenvalue weighted by Gasteiger charge is 2.63. The second kappa shape index (κ2) is 18.1. The van der Waals surface area contributed by atoms with Crippen LogP contribution in [0.4, 0.5) is 0 Å². The molecule has 13 heteroatoms. The van der Waals surface area contributed by atoms with Gasteiger partial charge in [-0.15, -0.1) is 11.6 Å². The average Bonchev–Trinajstić information content (AvgIpc) is 3.52. The number of hydrogen-bond acceptors (Lipinski definition) is 10. The van der Waals surface area contributed by atoms with Gasteiger partial charge in [-0.2, -0.15) is 0 Å². The summed E-state index contributed by atoms with van der Waals surface area (Å²) in [6.45, 7) is 19.6. The highest BCUT2D eigenvalue weighted by molar-refractivity contribution is 6.27. The molecule has 4 N–H and O–H groups in total. The van der Waals surface area contributed by atoms with Gasteiger partial charge in [-0.05, 0) is 89.5 Å². The number of carbonyl (C=O) groups is 3. The van der Waals surface area contributed by atoms with E-state index >= 15 is 0 Å². The van der Waals surface area contributed by atoms with E-state index < -0.39 is 82.9 Å². The molecule has 3 unspecified atom stereocenters. The third-order valence-corrected chi connectivity index (χ3v) is 15.2. The zero-order valence-electron chi connectivity index (χ0n) is 36.0. The Bertz CT molecular complexity index is 1460. The van der Waals surface area contributed by atoms with Crippen molar-refractivity contribution in [2.24, 2.45) is 41.4 Å². The maximum absolute atomic E-state index is 14.6. The second-order valence-corrected chi connectivity index (χ2v) is 18.9. The van der Waals surface area contributed by atoms with Gasteiger partial charge in [-0.3, -0.25) is 14.4 Å². The van der Waals surface area contributed by atoms with E-state index in [1.165, 1.54) is 0 Å². The lowest BCUT2D eigenvalue weighted by Crippen LogP contribution is -2.65. The van der Waals surface area contributed by atoms with Gasteiger partial charge in [0.25, 0.3) is 0 Å². The maximum atomic E-state index is 14.6. The van der Waals surface area contributed by atoms with Crippen molar-refractivity contribution in [1.82, 2.24) is 5.32 Å². The minimum Gasteiger partial charge on any atom is -0.481 e. The van der Waals surface area contributed by atoms with Crippen LogP contribution in [0.15, 0.2) is 12.2 Å². The molecule has 0 radical (unpaired) electrons. The Kier molecular flexibility index (Phi) is 14.8. The molecule has 57 heavy (non-hydrogen) atoms. The number of ketones is 1. The first-order valence-corrected chi connectivity index (χ1v) is 22.4. The molecule has 5 aliphatic rings. The topological polar surface area (TPSA) is 170 Å². The summed E-state index contributed by atoms with van der Waals surface area (Å²) >= 11 is 5.97. The van der Waals surface area contributed by atoms with Crippen LogP contribution in [0.3, 0.4) is 0 Å². The lowest BCUT2D eigenvalue weighted by molar-refractivity contribution is -0.398.